The topological polar surface area (TPSA) is 20.2 Å². The summed E-state index contributed by atoms with van der Waals surface area (Å²) in [7, 11) is 0. The summed E-state index contributed by atoms with van der Waals surface area (Å²) < 4.78 is -0.0509. The van der Waals surface area contributed by atoms with Gasteiger partial charge in [0.2, 0.25) is 0 Å². The Balaban J connectivity index is 2.99. The van der Waals surface area contributed by atoms with E-state index in [2.05, 4.69) is 47.8 Å². The van der Waals surface area contributed by atoms with Crippen molar-refractivity contribution < 1.29 is 5.11 Å². The van der Waals surface area contributed by atoms with Crippen molar-refractivity contribution in [2.45, 2.75) is 8.75 Å². The van der Waals surface area contributed by atoms with Crippen LogP contribution in [0.15, 0.2) is 0 Å². The second-order valence-electron chi connectivity index (χ2n) is 0.707. The molecule has 6 heavy (non-hydrogen) atoms. The summed E-state index contributed by atoms with van der Waals surface area (Å²) in [6, 6.07) is 0. The second kappa shape index (κ2) is 3.41. The van der Waals surface area contributed by atoms with Crippen LogP contribution in [-0.4, -0.2) is 13.9 Å². The van der Waals surface area contributed by atoms with Crippen LogP contribution < -0.4 is 0 Å². The van der Waals surface area contributed by atoms with Crippen LogP contribution in [0.3, 0.4) is 0 Å². The van der Waals surface area contributed by atoms with Crippen molar-refractivity contribution in [1.29, 1.82) is 0 Å². The molecule has 0 spiro atoms. The van der Waals surface area contributed by atoms with E-state index in [0.717, 1.165) is 0 Å². The minimum Gasteiger partial charge on any atom is -0.380 e. The average molecular weight is 283 g/mol. The summed E-state index contributed by atoms with van der Waals surface area (Å²) in [5, 5.41) is 7.95. The lowest BCUT2D eigenvalue weighted by Crippen LogP contribution is -2.02. The zero-order chi connectivity index (χ0) is 5.15. The van der Waals surface area contributed by atoms with Crippen LogP contribution in [-0.2, 0) is 0 Å². The summed E-state index contributed by atoms with van der Waals surface area (Å²) >= 11 is 9.02. The van der Waals surface area contributed by atoms with E-state index in [1.165, 1.54) is 0 Å². The van der Waals surface area contributed by atoms with E-state index in [1.807, 2.05) is 0 Å². The lowest BCUT2D eigenvalue weighted by atomic mass is 10.9. The molecule has 1 nitrogen and oxygen atoms in total. The van der Waals surface area contributed by atoms with Crippen LogP contribution in [0.25, 0.3) is 0 Å². The number of rotatable bonds is 1. The van der Waals surface area contributed by atoms with Crippen LogP contribution in [0, 0.1) is 0 Å². The molecule has 38 valence electrons. The molecule has 0 aliphatic heterocycles. The fourth-order valence-corrected chi connectivity index (χ4v) is 0. The van der Waals surface area contributed by atoms with Crippen molar-refractivity contribution in [3.8, 4) is 0 Å². The summed E-state index contributed by atoms with van der Waals surface area (Å²) in [5.74, 6) is 0. The molecule has 0 saturated carbocycles. The van der Waals surface area contributed by atoms with Gasteiger partial charge in [-0.05, 0) is 0 Å². The average Bonchev–Trinajstić information content (AvgIpc) is 1.36. The molecule has 0 heterocycles. The van der Waals surface area contributed by atoms with Crippen LogP contribution in [0.1, 0.15) is 0 Å². The van der Waals surface area contributed by atoms with Gasteiger partial charge in [0.25, 0.3) is 0 Å². The van der Waals surface area contributed by atoms with Crippen molar-refractivity contribution in [2.24, 2.45) is 0 Å². The van der Waals surface area contributed by atoms with Crippen LogP contribution in [0.2, 0.25) is 0 Å². The molecule has 1 unspecified atom stereocenters. The molecule has 0 fully saturated rings. The Morgan fingerprint density at radius 2 is 1.33 bits per heavy atom. The number of alkyl halides is 3. The van der Waals surface area contributed by atoms with Gasteiger partial charge >= 0.3 is 0 Å². The monoisotopic (exact) mass is 280 g/mol. The van der Waals surface area contributed by atoms with Gasteiger partial charge in [0.1, 0.15) is 8.75 Å². The first kappa shape index (κ1) is 7.40. The molecular weight excluding hydrogens is 280 g/mol. The Morgan fingerprint density at radius 1 is 1.17 bits per heavy atom. The van der Waals surface area contributed by atoms with Gasteiger partial charge in [-0.2, -0.15) is 0 Å². The van der Waals surface area contributed by atoms with Crippen molar-refractivity contribution >= 4 is 47.8 Å². The van der Waals surface area contributed by atoms with Crippen LogP contribution in [0.5, 0.6) is 0 Å². The third kappa shape index (κ3) is 3.59. The Kier molecular flexibility index (Phi) is 4.20. The normalized spacial score (nSPS) is 15.5. The lowest BCUT2D eigenvalue weighted by molar-refractivity contribution is 0.290. The third-order valence-corrected chi connectivity index (χ3v) is 3.16. The highest BCUT2D eigenvalue weighted by molar-refractivity contribution is 9.25. The van der Waals surface area contributed by atoms with Crippen molar-refractivity contribution in [3.05, 3.63) is 0 Å². The maximum Gasteiger partial charge on any atom is 0.131 e. The molecule has 0 rings (SSSR count). The summed E-state index contributed by atoms with van der Waals surface area (Å²) in [5.41, 5.74) is 0. The Bertz CT molecular complexity index is 29.8. The summed E-state index contributed by atoms with van der Waals surface area (Å²) in [6.07, 6.45) is 0. The quantitative estimate of drug-likeness (QED) is 0.728. The number of hydrogen-bond acceptors (Lipinski definition) is 1. The highest BCUT2D eigenvalue weighted by atomic mass is 79.9. The molecule has 0 radical (unpaired) electrons. The summed E-state index contributed by atoms with van der Waals surface area (Å²) in [4.78, 5) is 0. The zero-order valence-electron chi connectivity index (χ0n) is 2.74. The molecule has 0 amide bonds. The van der Waals surface area contributed by atoms with Crippen molar-refractivity contribution in [1.82, 2.24) is 0 Å². The van der Waals surface area contributed by atoms with Gasteiger partial charge < -0.3 is 5.11 Å². The van der Waals surface area contributed by atoms with Crippen molar-refractivity contribution in [2.75, 3.05) is 0 Å². The first-order chi connectivity index (χ1) is 2.64. The number of halogens is 3. The predicted octanol–water partition coefficient (Wildman–Crippen LogP) is 1.82. The van der Waals surface area contributed by atoms with Gasteiger partial charge in [0.05, 0.1) is 0 Å². The first-order valence-corrected chi connectivity index (χ1v) is 3.99. The van der Waals surface area contributed by atoms with Crippen molar-refractivity contribution in [3.63, 3.8) is 0 Å². The maximum absolute atomic E-state index is 8.45. The fraction of sp³-hybridized carbons (Fsp3) is 1.00. The van der Waals surface area contributed by atoms with Crippen LogP contribution >= 0.6 is 47.8 Å². The predicted molar refractivity (Wildman–Crippen MR) is 36.6 cm³/mol. The molecule has 0 aromatic carbocycles. The van der Waals surface area contributed by atoms with Gasteiger partial charge in [0.15, 0.2) is 0 Å². The summed E-state index contributed by atoms with van der Waals surface area (Å²) in [6.45, 7) is 0. The van der Waals surface area contributed by atoms with E-state index >= 15 is 0 Å². The highest BCUT2D eigenvalue weighted by Crippen LogP contribution is 2.16. The minimum atomic E-state index is -0.502. The lowest BCUT2D eigenvalue weighted by Gasteiger charge is -1.98. The van der Waals surface area contributed by atoms with E-state index in [1.54, 1.807) is 0 Å². The van der Waals surface area contributed by atoms with E-state index in [-0.39, 0.29) is 3.74 Å². The third-order valence-electron chi connectivity index (χ3n) is 0.208. The second-order valence-corrected chi connectivity index (χ2v) is 4.85. The molecule has 0 aromatic heterocycles. The molecule has 0 aromatic rings. The van der Waals surface area contributed by atoms with Gasteiger partial charge in [0, 0.05) is 0 Å². The molecule has 1 N–H and O–H groups in total. The number of aliphatic hydroxyl groups is 1. The first-order valence-electron chi connectivity index (χ1n) is 1.25. The van der Waals surface area contributed by atoms with Gasteiger partial charge in [-0.3, -0.25) is 0 Å². The molecule has 0 bridgehead atoms. The maximum atomic E-state index is 8.45. The molecule has 0 aliphatic carbocycles. The molecule has 1 atom stereocenters. The van der Waals surface area contributed by atoms with Gasteiger partial charge in [-0.15, -0.1) is 0 Å². The van der Waals surface area contributed by atoms with E-state index in [9.17, 15) is 0 Å². The Hall–Kier alpha value is 1.40. The van der Waals surface area contributed by atoms with E-state index in [4.69, 9.17) is 5.11 Å². The molecule has 0 aliphatic rings. The minimum absolute atomic E-state index is 0.0509. The smallest absolute Gasteiger partial charge is 0.131 e. The Labute approximate surface area is 61.5 Å². The molecule has 4 heteroatoms. The van der Waals surface area contributed by atoms with Gasteiger partial charge in [-0.25, -0.2) is 0 Å². The van der Waals surface area contributed by atoms with Gasteiger partial charge in [-0.1, -0.05) is 47.8 Å². The van der Waals surface area contributed by atoms with E-state index in [0.29, 0.717) is 0 Å². The van der Waals surface area contributed by atoms with Crippen LogP contribution in [0.4, 0.5) is 0 Å². The highest BCUT2D eigenvalue weighted by Gasteiger charge is 2.04. The fourth-order valence-electron chi connectivity index (χ4n) is 0. The zero-order valence-corrected chi connectivity index (χ0v) is 7.49. The Morgan fingerprint density at radius 3 is 1.33 bits per heavy atom. The largest absolute Gasteiger partial charge is 0.380 e. The number of hydrogen-bond donors (Lipinski definition) is 1. The molecule has 0 saturated heterocycles. The van der Waals surface area contributed by atoms with E-state index < -0.39 is 5.01 Å². The number of aliphatic hydroxyl groups excluding tert-OH is 1. The standard InChI is InChI=1S/C2H3Br3O/c3-1(4)2(5)6/h1-2,6H. The SMILES string of the molecule is OC(Br)C(Br)Br. The molecular formula is C2H3Br3O.